The van der Waals surface area contributed by atoms with Gasteiger partial charge in [-0.2, -0.15) is 0 Å². The highest BCUT2D eigenvalue weighted by Gasteiger charge is 2.23. The standard InChI is InChI=1S/C15H25NO2/c1-15(2,3)14(16-4)11-18-13-8-6-7-12(9-13)10-17-5/h6-9,14,16H,10-11H2,1-5H3. The average Bonchev–Trinajstić information content (AvgIpc) is 2.29. The minimum absolute atomic E-state index is 0.179. The summed E-state index contributed by atoms with van der Waals surface area (Å²) in [6.45, 7) is 7.90. The molecule has 1 N–H and O–H groups in total. The van der Waals surface area contributed by atoms with Crippen LogP contribution in [0.2, 0.25) is 0 Å². The predicted octanol–water partition coefficient (Wildman–Crippen LogP) is 2.85. The van der Waals surface area contributed by atoms with Gasteiger partial charge in [-0.15, -0.1) is 0 Å². The van der Waals surface area contributed by atoms with E-state index in [2.05, 4.69) is 26.1 Å². The van der Waals surface area contributed by atoms with E-state index in [4.69, 9.17) is 9.47 Å². The number of hydrogen-bond donors (Lipinski definition) is 1. The molecule has 18 heavy (non-hydrogen) atoms. The van der Waals surface area contributed by atoms with Crippen LogP contribution in [0.5, 0.6) is 5.75 Å². The Kier molecular flexibility index (Phi) is 5.63. The van der Waals surface area contributed by atoms with Gasteiger partial charge in [-0.1, -0.05) is 32.9 Å². The van der Waals surface area contributed by atoms with Crippen molar-refractivity contribution >= 4 is 0 Å². The van der Waals surface area contributed by atoms with Gasteiger partial charge in [0.15, 0.2) is 0 Å². The second kappa shape index (κ2) is 6.76. The van der Waals surface area contributed by atoms with Crippen LogP contribution in [-0.2, 0) is 11.3 Å². The summed E-state index contributed by atoms with van der Waals surface area (Å²) in [5.74, 6) is 0.897. The zero-order valence-corrected chi connectivity index (χ0v) is 12.1. The lowest BCUT2D eigenvalue weighted by molar-refractivity contribution is 0.177. The van der Waals surface area contributed by atoms with Crippen molar-refractivity contribution in [3.63, 3.8) is 0 Å². The van der Waals surface area contributed by atoms with Crippen LogP contribution in [-0.4, -0.2) is 26.8 Å². The maximum atomic E-state index is 5.85. The van der Waals surface area contributed by atoms with E-state index in [1.165, 1.54) is 0 Å². The van der Waals surface area contributed by atoms with Crippen LogP contribution in [0, 0.1) is 5.41 Å². The molecule has 0 aliphatic carbocycles. The molecule has 3 heteroatoms. The Morgan fingerprint density at radius 3 is 2.56 bits per heavy atom. The quantitative estimate of drug-likeness (QED) is 0.843. The molecular weight excluding hydrogens is 226 g/mol. The summed E-state index contributed by atoms with van der Waals surface area (Å²) in [7, 11) is 3.67. The minimum atomic E-state index is 0.179. The van der Waals surface area contributed by atoms with E-state index in [1.54, 1.807) is 7.11 Å². The van der Waals surface area contributed by atoms with Gasteiger partial charge in [-0.05, 0) is 30.2 Å². The molecule has 0 radical (unpaired) electrons. The van der Waals surface area contributed by atoms with Gasteiger partial charge in [-0.25, -0.2) is 0 Å². The smallest absolute Gasteiger partial charge is 0.119 e. The molecule has 0 spiro atoms. The van der Waals surface area contributed by atoms with Crippen LogP contribution in [0.1, 0.15) is 26.3 Å². The maximum Gasteiger partial charge on any atom is 0.119 e. The number of likely N-dealkylation sites (N-methyl/N-ethyl adjacent to an activating group) is 1. The van der Waals surface area contributed by atoms with E-state index in [1.807, 2.05) is 31.3 Å². The number of hydrogen-bond acceptors (Lipinski definition) is 3. The van der Waals surface area contributed by atoms with Gasteiger partial charge < -0.3 is 14.8 Å². The summed E-state index contributed by atoms with van der Waals surface area (Å²) in [4.78, 5) is 0. The van der Waals surface area contributed by atoms with Crippen LogP contribution in [0.15, 0.2) is 24.3 Å². The lowest BCUT2D eigenvalue weighted by Gasteiger charge is -2.30. The highest BCUT2D eigenvalue weighted by Crippen LogP contribution is 2.21. The highest BCUT2D eigenvalue weighted by atomic mass is 16.5. The highest BCUT2D eigenvalue weighted by molar-refractivity contribution is 5.28. The third-order valence-corrected chi connectivity index (χ3v) is 3.02. The fraction of sp³-hybridized carbons (Fsp3) is 0.600. The van der Waals surface area contributed by atoms with Gasteiger partial charge in [0.25, 0.3) is 0 Å². The van der Waals surface area contributed by atoms with Gasteiger partial charge >= 0.3 is 0 Å². The van der Waals surface area contributed by atoms with E-state index in [-0.39, 0.29) is 5.41 Å². The van der Waals surface area contributed by atoms with Gasteiger partial charge in [0.05, 0.1) is 6.61 Å². The van der Waals surface area contributed by atoms with Gasteiger partial charge in [0.2, 0.25) is 0 Å². The third kappa shape index (κ3) is 4.67. The molecule has 0 aliphatic rings. The largest absolute Gasteiger partial charge is 0.492 e. The topological polar surface area (TPSA) is 30.5 Å². The molecule has 1 aromatic carbocycles. The van der Waals surface area contributed by atoms with E-state index in [0.29, 0.717) is 19.3 Å². The number of benzene rings is 1. The van der Waals surface area contributed by atoms with E-state index in [0.717, 1.165) is 11.3 Å². The van der Waals surface area contributed by atoms with Crippen LogP contribution in [0.25, 0.3) is 0 Å². The molecule has 1 aromatic rings. The monoisotopic (exact) mass is 251 g/mol. The molecule has 0 amide bonds. The average molecular weight is 251 g/mol. The summed E-state index contributed by atoms with van der Waals surface area (Å²) < 4.78 is 11.0. The van der Waals surface area contributed by atoms with Crippen LogP contribution >= 0.6 is 0 Å². The summed E-state index contributed by atoms with van der Waals surface area (Å²) in [6, 6.07) is 8.36. The van der Waals surface area contributed by atoms with Crippen molar-refractivity contribution in [2.75, 3.05) is 20.8 Å². The molecule has 0 bridgehead atoms. The van der Waals surface area contributed by atoms with Gasteiger partial charge in [0, 0.05) is 13.2 Å². The molecule has 1 unspecified atom stereocenters. The Morgan fingerprint density at radius 2 is 2.00 bits per heavy atom. The van der Waals surface area contributed by atoms with Crippen molar-refractivity contribution in [1.82, 2.24) is 5.32 Å². The second-order valence-corrected chi connectivity index (χ2v) is 5.60. The Morgan fingerprint density at radius 1 is 1.28 bits per heavy atom. The number of ether oxygens (including phenoxy) is 2. The summed E-state index contributed by atoms with van der Waals surface area (Å²) in [5, 5.41) is 3.30. The first kappa shape index (κ1) is 15.0. The number of nitrogens with one attached hydrogen (secondary N) is 1. The summed E-state index contributed by atoms with van der Waals surface area (Å²) in [6.07, 6.45) is 0. The van der Waals surface area contributed by atoms with Gasteiger partial charge in [-0.3, -0.25) is 0 Å². The fourth-order valence-corrected chi connectivity index (χ4v) is 1.84. The summed E-state index contributed by atoms with van der Waals surface area (Å²) >= 11 is 0. The first-order chi connectivity index (χ1) is 8.47. The molecule has 0 fully saturated rings. The third-order valence-electron chi connectivity index (χ3n) is 3.02. The summed E-state index contributed by atoms with van der Waals surface area (Å²) in [5.41, 5.74) is 1.31. The lowest BCUT2D eigenvalue weighted by Crippen LogP contribution is -2.42. The Labute approximate surface area is 110 Å². The number of methoxy groups -OCH3 is 1. The molecule has 0 aromatic heterocycles. The minimum Gasteiger partial charge on any atom is -0.492 e. The first-order valence-corrected chi connectivity index (χ1v) is 6.35. The van der Waals surface area contributed by atoms with Crippen molar-refractivity contribution in [1.29, 1.82) is 0 Å². The van der Waals surface area contributed by atoms with Crippen LogP contribution < -0.4 is 10.1 Å². The van der Waals surface area contributed by atoms with Crippen LogP contribution in [0.4, 0.5) is 0 Å². The van der Waals surface area contributed by atoms with E-state index in [9.17, 15) is 0 Å². The molecule has 102 valence electrons. The number of rotatable bonds is 6. The van der Waals surface area contributed by atoms with Crippen molar-refractivity contribution in [2.45, 2.75) is 33.4 Å². The van der Waals surface area contributed by atoms with Crippen molar-refractivity contribution < 1.29 is 9.47 Å². The van der Waals surface area contributed by atoms with Gasteiger partial charge in [0.1, 0.15) is 12.4 Å². The molecule has 0 aliphatic heterocycles. The Balaban J connectivity index is 2.59. The van der Waals surface area contributed by atoms with Crippen molar-refractivity contribution in [2.24, 2.45) is 5.41 Å². The van der Waals surface area contributed by atoms with Crippen molar-refractivity contribution in [3.8, 4) is 5.75 Å². The molecular formula is C15H25NO2. The zero-order chi connectivity index (χ0) is 13.6. The predicted molar refractivity (Wildman–Crippen MR) is 75.0 cm³/mol. The Hall–Kier alpha value is -1.06. The zero-order valence-electron chi connectivity index (χ0n) is 12.1. The SMILES string of the molecule is CNC(COc1cccc(COC)c1)C(C)(C)C. The fourth-order valence-electron chi connectivity index (χ4n) is 1.84. The molecule has 1 atom stereocenters. The van der Waals surface area contributed by atoms with Crippen LogP contribution in [0.3, 0.4) is 0 Å². The first-order valence-electron chi connectivity index (χ1n) is 6.35. The molecule has 0 saturated heterocycles. The van der Waals surface area contributed by atoms with E-state index < -0.39 is 0 Å². The lowest BCUT2D eigenvalue weighted by atomic mass is 9.87. The molecule has 0 heterocycles. The van der Waals surface area contributed by atoms with E-state index >= 15 is 0 Å². The normalized spacial score (nSPS) is 13.4. The molecule has 3 nitrogen and oxygen atoms in total. The molecule has 1 rings (SSSR count). The molecule has 0 saturated carbocycles. The second-order valence-electron chi connectivity index (χ2n) is 5.60. The van der Waals surface area contributed by atoms with Crippen molar-refractivity contribution in [3.05, 3.63) is 29.8 Å². The Bertz CT molecular complexity index is 358. The maximum absolute atomic E-state index is 5.85.